The number of amides is 1. The Hall–Kier alpha value is -4.38. The molecule has 38 heavy (non-hydrogen) atoms. The van der Waals surface area contributed by atoms with Crippen molar-refractivity contribution in [3.8, 4) is 22.6 Å². The number of fused-ring (bicyclic) bond motifs is 1. The summed E-state index contributed by atoms with van der Waals surface area (Å²) in [5, 5.41) is 5.11. The van der Waals surface area contributed by atoms with Gasteiger partial charge in [0.2, 0.25) is 5.76 Å². The minimum absolute atomic E-state index is 0.0855. The summed E-state index contributed by atoms with van der Waals surface area (Å²) in [5.74, 6) is -0.316. The van der Waals surface area contributed by atoms with Gasteiger partial charge in [-0.2, -0.15) is 5.10 Å². The van der Waals surface area contributed by atoms with Crippen LogP contribution in [0.15, 0.2) is 94.6 Å². The third kappa shape index (κ3) is 5.32. The van der Waals surface area contributed by atoms with Crippen LogP contribution in [-0.4, -0.2) is 29.7 Å². The van der Waals surface area contributed by atoms with E-state index in [1.54, 1.807) is 24.3 Å². The first kappa shape index (κ1) is 25.3. The van der Waals surface area contributed by atoms with Crippen molar-refractivity contribution < 1.29 is 23.5 Å². The second kappa shape index (κ2) is 11.3. The summed E-state index contributed by atoms with van der Waals surface area (Å²) in [5.41, 5.74) is 6.30. The van der Waals surface area contributed by atoms with Crippen molar-refractivity contribution >= 4 is 51.6 Å². The molecule has 0 radical (unpaired) electrons. The highest BCUT2D eigenvalue weighted by Crippen LogP contribution is 2.34. The van der Waals surface area contributed by atoms with Crippen LogP contribution in [0.1, 0.15) is 33.5 Å². The fraction of sp³-hybridized carbons (Fsp3) is 0.0690. The number of halogens is 1. The minimum atomic E-state index is -0.633. The number of nitrogens with one attached hydrogen (secondary N) is 2. The Morgan fingerprint density at radius 2 is 1.87 bits per heavy atom. The molecule has 8 nitrogen and oxygen atoms in total. The van der Waals surface area contributed by atoms with Crippen molar-refractivity contribution in [2.45, 2.75) is 6.92 Å². The number of hydrogen-bond acceptors (Lipinski definition) is 6. The van der Waals surface area contributed by atoms with Crippen molar-refractivity contribution in [1.82, 2.24) is 10.4 Å². The summed E-state index contributed by atoms with van der Waals surface area (Å²) in [6.07, 6.45) is 2.89. The molecule has 5 aromatic rings. The molecule has 0 aliphatic carbocycles. The maximum Gasteiger partial charge on any atom is 0.379 e. The third-order valence-corrected chi connectivity index (χ3v) is 6.54. The number of furan rings is 1. The topological polar surface area (TPSA) is 106 Å². The Morgan fingerprint density at radius 3 is 2.63 bits per heavy atom. The van der Waals surface area contributed by atoms with Gasteiger partial charge in [0.1, 0.15) is 5.69 Å². The lowest BCUT2D eigenvalue weighted by Gasteiger charge is -2.10. The molecule has 0 aliphatic rings. The molecule has 9 heteroatoms. The van der Waals surface area contributed by atoms with Crippen molar-refractivity contribution in [3.05, 3.63) is 106 Å². The largest absolute Gasteiger partial charge is 0.490 e. The first-order valence-corrected chi connectivity index (χ1v) is 12.8. The van der Waals surface area contributed by atoms with E-state index in [2.05, 4.69) is 38.1 Å². The first-order valence-electron chi connectivity index (χ1n) is 11.8. The molecule has 0 atom stereocenters. The van der Waals surface area contributed by atoms with Gasteiger partial charge < -0.3 is 18.9 Å². The van der Waals surface area contributed by atoms with Crippen LogP contribution >= 0.6 is 22.6 Å². The molecule has 0 aliphatic heterocycles. The smallest absolute Gasteiger partial charge is 0.379 e. The maximum atomic E-state index is 13.2. The number of nitrogens with zero attached hydrogens (tertiary/aromatic N) is 1. The Kier molecular flexibility index (Phi) is 7.55. The van der Waals surface area contributed by atoms with E-state index in [0.717, 1.165) is 25.6 Å². The van der Waals surface area contributed by atoms with Gasteiger partial charge >= 0.3 is 5.97 Å². The zero-order chi connectivity index (χ0) is 26.5. The summed E-state index contributed by atoms with van der Waals surface area (Å²) in [6, 6.07) is 23.8. The molecule has 3 aromatic carbocycles. The molecule has 1 amide bonds. The van der Waals surface area contributed by atoms with Crippen molar-refractivity contribution in [2.75, 3.05) is 6.61 Å². The molecule has 0 unspecified atom stereocenters. The van der Waals surface area contributed by atoms with Crippen LogP contribution < -0.4 is 14.9 Å². The molecule has 0 bridgehead atoms. The van der Waals surface area contributed by atoms with Gasteiger partial charge in [-0.05, 0) is 77.0 Å². The Morgan fingerprint density at radius 1 is 1.03 bits per heavy atom. The van der Waals surface area contributed by atoms with Crippen LogP contribution in [0.5, 0.6) is 11.5 Å². The highest BCUT2D eigenvalue weighted by molar-refractivity contribution is 14.1. The molecule has 2 aromatic heterocycles. The summed E-state index contributed by atoms with van der Waals surface area (Å²) >= 11 is 2.25. The summed E-state index contributed by atoms with van der Waals surface area (Å²) in [4.78, 5) is 28.8. The van der Waals surface area contributed by atoms with Crippen LogP contribution in [0.25, 0.3) is 22.0 Å². The predicted octanol–water partition coefficient (Wildman–Crippen LogP) is 6.41. The number of ether oxygens (including phenoxy) is 2. The summed E-state index contributed by atoms with van der Waals surface area (Å²) < 4.78 is 17.2. The number of carbonyl (C=O) groups excluding carboxylic acids is 2. The minimum Gasteiger partial charge on any atom is -0.490 e. The second-order valence-corrected chi connectivity index (χ2v) is 9.27. The molecular weight excluding hydrogens is 597 g/mol. The van der Waals surface area contributed by atoms with E-state index >= 15 is 0 Å². The first-order chi connectivity index (χ1) is 18.5. The Balaban J connectivity index is 1.37. The molecule has 0 saturated heterocycles. The zero-order valence-electron chi connectivity index (χ0n) is 20.2. The molecular formula is C29H22IN3O5. The highest BCUT2D eigenvalue weighted by Gasteiger charge is 2.20. The van der Waals surface area contributed by atoms with E-state index in [0.29, 0.717) is 23.6 Å². The summed E-state index contributed by atoms with van der Waals surface area (Å²) in [7, 11) is 0. The third-order valence-electron chi connectivity index (χ3n) is 5.64. The van der Waals surface area contributed by atoms with Gasteiger partial charge in [0.25, 0.3) is 5.91 Å². The van der Waals surface area contributed by atoms with Crippen LogP contribution in [0.4, 0.5) is 0 Å². The van der Waals surface area contributed by atoms with E-state index in [-0.39, 0.29) is 17.4 Å². The van der Waals surface area contributed by atoms with E-state index in [1.165, 1.54) is 18.5 Å². The van der Waals surface area contributed by atoms with Gasteiger partial charge in [-0.15, -0.1) is 0 Å². The molecule has 2 heterocycles. The molecule has 0 fully saturated rings. The Bertz CT molecular complexity index is 1630. The second-order valence-electron chi connectivity index (χ2n) is 8.11. The average Bonchev–Trinajstić information content (AvgIpc) is 3.60. The fourth-order valence-electron chi connectivity index (χ4n) is 3.98. The molecule has 0 saturated carbocycles. The standard InChI is InChI=1S/C29H22IN3O5/c1-2-36-24-16-18(13-14-22(24)38-29(35)23-12-7-15-37-23)17-31-33-28(34)27-25(19-8-4-3-5-9-19)20-10-6-11-21(30)26(20)32-27/h3-17,32H,2H2,1H3,(H,33,34). The van der Waals surface area contributed by atoms with Crippen LogP contribution in [0.2, 0.25) is 0 Å². The maximum absolute atomic E-state index is 13.2. The predicted molar refractivity (Wildman–Crippen MR) is 153 cm³/mol. The monoisotopic (exact) mass is 619 g/mol. The van der Waals surface area contributed by atoms with E-state index in [9.17, 15) is 9.59 Å². The van der Waals surface area contributed by atoms with Crippen molar-refractivity contribution in [2.24, 2.45) is 5.10 Å². The lowest BCUT2D eigenvalue weighted by molar-refractivity contribution is 0.0695. The normalized spacial score (nSPS) is 11.1. The highest BCUT2D eigenvalue weighted by atomic mass is 127. The number of hydrazone groups is 1. The Labute approximate surface area is 231 Å². The SMILES string of the molecule is CCOc1cc(C=NNC(=O)c2[nH]c3c(I)cccc3c2-c2ccccc2)ccc1OC(=O)c1ccco1. The number of carbonyl (C=O) groups is 2. The van der Waals surface area contributed by atoms with Gasteiger partial charge in [0, 0.05) is 14.5 Å². The van der Waals surface area contributed by atoms with Gasteiger partial charge in [0.15, 0.2) is 11.5 Å². The van der Waals surface area contributed by atoms with Crippen LogP contribution in [-0.2, 0) is 0 Å². The molecule has 5 rings (SSSR count). The van der Waals surface area contributed by atoms with E-state index in [1.807, 2.05) is 55.5 Å². The van der Waals surface area contributed by atoms with Gasteiger partial charge in [-0.1, -0.05) is 42.5 Å². The summed E-state index contributed by atoms with van der Waals surface area (Å²) in [6.45, 7) is 2.19. The molecule has 0 spiro atoms. The van der Waals surface area contributed by atoms with E-state index in [4.69, 9.17) is 13.9 Å². The van der Waals surface area contributed by atoms with E-state index < -0.39 is 5.97 Å². The van der Waals surface area contributed by atoms with Gasteiger partial charge in [0.05, 0.1) is 24.6 Å². The number of rotatable bonds is 8. The number of para-hydroxylation sites is 1. The quantitative estimate of drug-likeness (QED) is 0.0687. The molecule has 2 N–H and O–H groups in total. The van der Waals surface area contributed by atoms with Crippen molar-refractivity contribution in [3.63, 3.8) is 0 Å². The van der Waals surface area contributed by atoms with Crippen LogP contribution in [0, 0.1) is 3.57 Å². The number of aromatic nitrogens is 1. The number of H-pyrrole nitrogens is 1. The van der Waals surface area contributed by atoms with Gasteiger partial charge in [-0.3, -0.25) is 4.79 Å². The lowest BCUT2D eigenvalue weighted by atomic mass is 10.0. The fourth-order valence-corrected chi connectivity index (χ4v) is 4.61. The van der Waals surface area contributed by atoms with Crippen molar-refractivity contribution in [1.29, 1.82) is 0 Å². The zero-order valence-corrected chi connectivity index (χ0v) is 22.4. The molecule has 190 valence electrons. The number of aromatic amines is 1. The average molecular weight is 619 g/mol. The van der Waals surface area contributed by atoms with Gasteiger partial charge in [-0.25, -0.2) is 10.2 Å². The lowest BCUT2D eigenvalue weighted by Crippen LogP contribution is -2.19. The number of hydrogen-bond donors (Lipinski definition) is 2. The number of benzene rings is 3. The number of esters is 1. The van der Waals surface area contributed by atoms with Crippen LogP contribution in [0.3, 0.4) is 0 Å².